The number of hydrogen-bond donors (Lipinski definition) is 2. The largest absolute Gasteiger partial charge is 0.480 e. The maximum absolute atomic E-state index is 11.5. The first-order valence-electron chi connectivity index (χ1n) is 8.56. The number of aliphatic carboxylic acids is 1. The SMILES string of the molecule is CC(C)C1CCC(CN[C@H](Cc2ccccc2)C(=O)O)CC1. The van der Waals surface area contributed by atoms with Crippen molar-refractivity contribution >= 4 is 5.97 Å². The lowest BCUT2D eigenvalue weighted by Gasteiger charge is -2.31. The smallest absolute Gasteiger partial charge is 0.321 e. The van der Waals surface area contributed by atoms with Crippen molar-refractivity contribution in [1.29, 1.82) is 0 Å². The highest BCUT2D eigenvalue weighted by Gasteiger charge is 2.25. The van der Waals surface area contributed by atoms with Crippen LogP contribution >= 0.6 is 0 Å². The van der Waals surface area contributed by atoms with Crippen molar-refractivity contribution in [2.45, 2.75) is 52.0 Å². The molecule has 0 unspecified atom stereocenters. The second-order valence-electron chi connectivity index (χ2n) is 7.01. The van der Waals surface area contributed by atoms with Crippen molar-refractivity contribution in [3.8, 4) is 0 Å². The summed E-state index contributed by atoms with van der Waals surface area (Å²) in [6.45, 7) is 5.45. The van der Waals surface area contributed by atoms with Crippen LogP contribution < -0.4 is 5.32 Å². The summed E-state index contributed by atoms with van der Waals surface area (Å²) in [5.74, 6) is 1.52. The number of carboxylic acids is 1. The predicted octanol–water partition coefficient (Wildman–Crippen LogP) is 3.73. The monoisotopic (exact) mass is 303 g/mol. The van der Waals surface area contributed by atoms with E-state index in [-0.39, 0.29) is 0 Å². The lowest BCUT2D eigenvalue weighted by atomic mass is 9.77. The maximum atomic E-state index is 11.5. The summed E-state index contributed by atoms with van der Waals surface area (Å²) in [5, 5.41) is 12.7. The molecule has 0 saturated heterocycles. The fourth-order valence-corrected chi connectivity index (χ4v) is 3.46. The molecule has 0 bridgehead atoms. The Morgan fingerprint density at radius 3 is 2.36 bits per heavy atom. The first kappa shape index (κ1) is 17.0. The molecular weight excluding hydrogens is 274 g/mol. The van der Waals surface area contributed by atoms with Crippen LogP contribution in [0.2, 0.25) is 0 Å². The van der Waals surface area contributed by atoms with Gasteiger partial charge < -0.3 is 10.4 Å². The molecule has 2 N–H and O–H groups in total. The molecule has 0 aromatic heterocycles. The zero-order valence-corrected chi connectivity index (χ0v) is 13.8. The standard InChI is InChI=1S/C19H29NO2/c1-14(2)17-10-8-16(9-11-17)13-20-18(19(21)22)12-15-6-4-3-5-7-15/h3-7,14,16-18,20H,8-13H2,1-2H3,(H,21,22)/t16?,17?,18-/m1/s1. The molecule has 2 rings (SSSR count). The number of benzene rings is 1. The van der Waals surface area contributed by atoms with Crippen LogP contribution in [0.15, 0.2) is 30.3 Å². The summed E-state index contributed by atoms with van der Waals surface area (Å²) in [6, 6.07) is 9.38. The van der Waals surface area contributed by atoms with E-state index in [2.05, 4.69) is 19.2 Å². The summed E-state index contributed by atoms with van der Waals surface area (Å²) in [5.41, 5.74) is 1.07. The first-order valence-corrected chi connectivity index (χ1v) is 8.56. The van der Waals surface area contributed by atoms with Crippen molar-refractivity contribution in [1.82, 2.24) is 5.32 Å². The fourth-order valence-electron chi connectivity index (χ4n) is 3.46. The highest BCUT2D eigenvalue weighted by molar-refractivity contribution is 5.73. The van der Waals surface area contributed by atoms with E-state index in [1.54, 1.807) is 0 Å². The van der Waals surface area contributed by atoms with E-state index in [1.165, 1.54) is 25.7 Å². The summed E-state index contributed by atoms with van der Waals surface area (Å²) < 4.78 is 0. The molecule has 1 aliphatic rings. The van der Waals surface area contributed by atoms with Gasteiger partial charge in [0.05, 0.1) is 0 Å². The zero-order chi connectivity index (χ0) is 15.9. The fraction of sp³-hybridized carbons (Fsp3) is 0.632. The molecule has 0 radical (unpaired) electrons. The van der Waals surface area contributed by atoms with Crippen molar-refractivity contribution in [2.75, 3.05) is 6.54 Å². The minimum atomic E-state index is -0.750. The van der Waals surface area contributed by atoms with E-state index in [4.69, 9.17) is 0 Å². The highest BCUT2D eigenvalue weighted by atomic mass is 16.4. The van der Waals surface area contributed by atoms with E-state index in [1.807, 2.05) is 30.3 Å². The van der Waals surface area contributed by atoms with Gasteiger partial charge in [-0.1, -0.05) is 44.2 Å². The van der Waals surface area contributed by atoms with E-state index in [0.717, 1.165) is 23.9 Å². The molecule has 22 heavy (non-hydrogen) atoms. The molecule has 3 heteroatoms. The lowest BCUT2D eigenvalue weighted by Crippen LogP contribution is -2.41. The summed E-state index contributed by atoms with van der Waals surface area (Å²) in [6.07, 6.45) is 5.60. The number of rotatable bonds is 7. The Bertz CT molecular complexity index is 450. The normalized spacial score (nSPS) is 23.4. The molecule has 1 aromatic carbocycles. The average molecular weight is 303 g/mol. The quantitative estimate of drug-likeness (QED) is 0.807. The van der Waals surface area contributed by atoms with Gasteiger partial charge in [0.2, 0.25) is 0 Å². The van der Waals surface area contributed by atoms with Gasteiger partial charge in [-0.3, -0.25) is 4.79 Å². The molecule has 0 aliphatic heterocycles. The van der Waals surface area contributed by atoms with E-state index in [0.29, 0.717) is 12.3 Å². The number of hydrogen-bond acceptors (Lipinski definition) is 2. The molecule has 0 heterocycles. The van der Waals surface area contributed by atoms with Gasteiger partial charge >= 0.3 is 5.97 Å². The summed E-state index contributed by atoms with van der Waals surface area (Å²) in [7, 11) is 0. The first-order chi connectivity index (χ1) is 10.6. The van der Waals surface area contributed by atoms with Gasteiger partial charge in [0, 0.05) is 0 Å². The number of carbonyl (C=O) groups is 1. The maximum Gasteiger partial charge on any atom is 0.321 e. The Morgan fingerprint density at radius 1 is 1.18 bits per heavy atom. The molecule has 0 amide bonds. The molecule has 1 aliphatic carbocycles. The average Bonchev–Trinajstić information content (AvgIpc) is 2.52. The Balaban J connectivity index is 1.79. The Morgan fingerprint density at radius 2 is 1.82 bits per heavy atom. The van der Waals surface area contributed by atoms with Gasteiger partial charge in [-0.05, 0) is 62.0 Å². The summed E-state index contributed by atoms with van der Waals surface area (Å²) in [4.78, 5) is 11.5. The summed E-state index contributed by atoms with van der Waals surface area (Å²) >= 11 is 0. The van der Waals surface area contributed by atoms with Crippen LogP contribution in [0, 0.1) is 17.8 Å². The van der Waals surface area contributed by atoms with Gasteiger partial charge in [-0.2, -0.15) is 0 Å². The molecule has 1 saturated carbocycles. The van der Waals surface area contributed by atoms with E-state index >= 15 is 0 Å². The molecule has 3 nitrogen and oxygen atoms in total. The van der Waals surface area contributed by atoms with Crippen LogP contribution in [0.5, 0.6) is 0 Å². The second kappa shape index (κ2) is 8.33. The number of nitrogens with one attached hydrogen (secondary N) is 1. The molecule has 122 valence electrons. The van der Waals surface area contributed by atoms with Crippen molar-refractivity contribution in [3.05, 3.63) is 35.9 Å². The minimum absolute atomic E-state index is 0.481. The third-order valence-corrected chi connectivity index (χ3v) is 5.07. The van der Waals surface area contributed by atoms with Gasteiger partial charge in [0.15, 0.2) is 0 Å². The molecule has 1 aromatic rings. The van der Waals surface area contributed by atoms with Crippen LogP contribution in [-0.4, -0.2) is 23.7 Å². The van der Waals surface area contributed by atoms with E-state index in [9.17, 15) is 9.90 Å². The van der Waals surface area contributed by atoms with Crippen molar-refractivity contribution < 1.29 is 9.90 Å². The molecular formula is C19H29NO2. The third-order valence-electron chi connectivity index (χ3n) is 5.07. The van der Waals surface area contributed by atoms with Crippen LogP contribution in [0.1, 0.15) is 45.1 Å². The minimum Gasteiger partial charge on any atom is -0.480 e. The van der Waals surface area contributed by atoms with E-state index < -0.39 is 12.0 Å². The van der Waals surface area contributed by atoms with Crippen LogP contribution in [0.4, 0.5) is 0 Å². The zero-order valence-electron chi connectivity index (χ0n) is 13.8. The highest BCUT2D eigenvalue weighted by Crippen LogP contribution is 2.32. The van der Waals surface area contributed by atoms with Crippen LogP contribution in [0.3, 0.4) is 0 Å². The van der Waals surface area contributed by atoms with Crippen molar-refractivity contribution in [2.24, 2.45) is 17.8 Å². The van der Waals surface area contributed by atoms with Crippen LogP contribution in [-0.2, 0) is 11.2 Å². The topological polar surface area (TPSA) is 49.3 Å². The molecule has 1 atom stereocenters. The molecule has 1 fully saturated rings. The lowest BCUT2D eigenvalue weighted by molar-refractivity contribution is -0.139. The second-order valence-corrected chi connectivity index (χ2v) is 7.01. The molecule has 0 spiro atoms. The third kappa shape index (κ3) is 5.13. The van der Waals surface area contributed by atoms with Gasteiger partial charge in [0.25, 0.3) is 0 Å². The van der Waals surface area contributed by atoms with Gasteiger partial charge in [-0.25, -0.2) is 0 Å². The Kier molecular flexibility index (Phi) is 6.44. The Labute approximate surface area is 134 Å². The Hall–Kier alpha value is -1.35. The van der Waals surface area contributed by atoms with Crippen LogP contribution in [0.25, 0.3) is 0 Å². The van der Waals surface area contributed by atoms with Crippen molar-refractivity contribution in [3.63, 3.8) is 0 Å². The van der Waals surface area contributed by atoms with Gasteiger partial charge in [0.1, 0.15) is 6.04 Å². The van der Waals surface area contributed by atoms with Gasteiger partial charge in [-0.15, -0.1) is 0 Å². The number of carboxylic acid groups (broad SMARTS) is 1. The predicted molar refractivity (Wildman–Crippen MR) is 89.9 cm³/mol.